The van der Waals surface area contributed by atoms with Crippen molar-refractivity contribution in [1.29, 1.82) is 0 Å². The van der Waals surface area contributed by atoms with E-state index in [-0.39, 0.29) is 16.9 Å². The maximum atomic E-state index is 12.1. The molecule has 27 heavy (non-hydrogen) atoms. The van der Waals surface area contributed by atoms with Crippen LogP contribution < -0.4 is 10.1 Å². The number of ether oxygens (including phenoxy) is 1. The first-order chi connectivity index (χ1) is 13.1. The van der Waals surface area contributed by atoms with Gasteiger partial charge >= 0.3 is 0 Å². The Hall–Kier alpha value is -2.45. The molecule has 0 spiro atoms. The number of phenols is 1. The van der Waals surface area contributed by atoms with Gasteiger partial charge in [0.1, 0.15) is 6.33 Å². The molecule has 0 saturated carbocycles. The molecule has 3 aromatic rings. The van der Waals surface area contributed by atoms with Crippen molar-refractivity contribution in [3.05, 3.63) is 64.5 Å². The predicted molar refractivity (Wildman–Crippen MR) is 109 cm³/mol. The molecule has 1 aromatic heterocycles. The number of methoxy groups -OCH3 is 1. The van der Waals surface area contributed by atoms with Gasteiger partial charge in [-0.15, -0.1) is 11.8 Å². The van der Waals surface area contributed by atoms with Crippen molar-refractivity contribution in [2.24, 2.45) is 0 Å². The topological polar surface area (TPSA) is 76.4 Å². The molecule has 2 heterocycles. The lowest BCUT2D eigenvalue weighted by atomic mass is 10.1. The minimum atomic E-state index is -0.179. The maximum Gasteiger partial charge on any atom is 0.235 e. The fraction of sp³-hybridized carbons (Fsp3) is 0.158. The molecule has 0 aliphatic carbocycles. The van der Waals surface area contributed by atoms with Crippen LogP contribution in [-0.2, 0) is 4.79 Å². The fourth-order valence-electron chi connectivity index (χ4n) is 3.04. The number of aromatic hydroxyl groups is 1. The van der Waals surface area contributed by atoms with Crippen molar-refractivity contribution in [1.82, 2.24) is 9.55 Å². The molecule has 0 radical (unpaired) electrons. The Morgan fingerprint density at radius 1 is 1.30 bits per heavy atom. The van der Waals surface area contributed by atoms with Crippen molar-refractivity contribution < 1.29 is 14.6 Å². The highest BCUT2D eigenvalue weighted by Crippen LogP contribution is 2.43. The van der Waals surface area contributed by atoms with E-state index in [2.05, 4.69) is 26.2 Å². The van der Waals surface area contributed by atoms with E-state index < -0.39 is 0 Å². The maximum absolute atomic E-state index is 12.1. The first kappa shape index (κ1) is 17.9. The van der Waals surface area contributed by atoms with Gasteiger partial charge in [-0.1, -0.05) is 22.0 Å². The summed E-state index contributed by atoms with van der Waals surface area (Å²) in [5.74, 6) is 1.22. The largest absolute Gasteiger partial charge is 0.504 e. The lowest BCUT2D eigenvalue weighted by Crippen LogP contribution is -2.12. The van der Waals surface area contributed by atoms with Gasteiger partial charge in [0.05, 0.1) is 23.8 Å². The van der Waals surface area contributed by atoms with Gasteiger partial charge in [0.15, 0.2) is 17.3 Å². The van der Waals surface area contributed by atoms with Crippen LogP contribution in [0.2, 0.25) is 0 Å². The second-order valence-electron chi connectivity index (χ2n) is 6.00. The number of phenolic OH excluding ortho intramolecular Hbond substituents is 1. The van der Waals surface area contributed by atoms with Crippen LogP contribution >= 0.6 is 27.7 Å². The average Bonchev–Trinajstić information content (AvgIpc) is 2.98. The number of nitrogens with one attached hydrogen (secondary N) is 1. The van der Waals surface area contributed by atoms with Crippen LogP contribution in [0.3, 0.4) is 0 Å². The summed E-state index contributed by atoms with van der Waals surface area (Å²) in [4.78, 5) is 16.5. The number of aromatic nitrogens is 2. The molecule has 0 unspecified atom stereocenters. The van der Waals surface area contributed by atoms with Gasteiger partial charge in [-0.3, -0.25) is 9.36 Å². The van der Waals surface area contributed by atoms with Crippen molar-refractivity contribution in [3.63, 3.8) is 0 Å². The van der Waals surface area contributed by atoms with Gasteiger partial charge in [0.25, 0.3) is 0 Å². The molecule has 0 fully saturated rings. The van der Waals surface area contributed by atoms with Gasteiger partial charge in [-0.05, 0) is 42.0 Å². The zero-order valence-corrected chi connectivity index (χ0v) is 16.8. The Morgan fingerprint density at radius 3 is 2.78 bits per heavy atom. The van der Waals surface area contributed by atoms with E-state index >= 15 is 0 Å². The number of hydrogen-bond acceptors (Lipinski definition) is 5. The molecular weight excluding hydrogens is 430 g/mol. The highest BCUT2D eigenvalue weighted by atomic mass is 79.9. The number of carbonyl (C=O) groups is 1. The minimum absolute atomic E-state index is 0.0652. The molecule has 2 aromatic carbocycles. The molecule has 0 saturated heterocycles. The van der Waals surface area contributed by atoms with Gasteiger partial charge < -0.3 is 15.2 Å². The third-order valence-electron chi connectivity index (χ3n) is 4.30. The quantitative estimate of drug-likeness (QED) is 0.633. The number of halogens is 1. The molecule has 2 N–H and O–H groups in total. The lowest BCUT2D eigenvalue weighted by Gasteiger charge is -2.19. The zero-order valence-electron chi connectivity index (χ0n) is 14.3. The summed E-state index contributed by atoms with van der Waals surface area (Å²) >= 11 is 4.94. The van der Waals surface area contributed by atoms with E-state index in [1.54, 1.807) is 18.5 Å². The molecular formula is C19H16BrN3O3S. The summed E-state index contributed by atoms with van der Waals surface area (Å²) in [6.07, 6.45) is 1.70. The third kappa shape index (κ3) is 3.42. The van der Waals surface area contributed by atoms with E-state index in [4.69, 9.17) is 4.74 Å². The molecule has 1 aliphatic rings. The SMILES string of the molecule is COc1ccc([C@H]2SCC(=O)Nc3ncn(-c4ccc(Br)cc4)c32)cc1O. The number of hydrogen-bond donors (Lipinski definition) is 2. The first-order valence-electron chi connectivity index (χ1n) is 8.18. The molecule has 6 nitrogen and oxygen atoms in total. The molecule has 0 bridgehead atoms. The Balaban J connectivity index is 1.85. The van der Waals surface area contributed by atoms with Crippen LogP contribution in [0.4, 0.5) is 5.82 Å². The smallest absolute Gasteiger partial charge is 0.235 e. The third-order valence-corrected chi connectivity index (χ3v) is 6.09. The second kappa shape index (κ2) is 7.28. The van der Waals surface area contributed by atoms with Crippen LogP contribution in [0, 0.1) is 0 Å². The van der Waals surface area contributed by atoms with Gasteiger partial charge in [0, 0.05) is 10.2 Å². The molecule has 1 amide bonds. The Kier molecular flexibility index (Phi) is 4.84. The molecule has 4 rings (SSSR count). The van der Waals surface area contributed by atoms with Crippen LogP contribution in [0.1, 0.15) is 16.5 Å². The molecule has 1 atom stereocenters. The number of carbonyl (C=O) groups excluding carboxylic acids is 1. The number of fused-ring (bicyclic) bond motifs is 1. The number of anilines is 1. The number of benzene rings is 2. The summed E-state index contributed by atoms with van der Waals surface area (Å²) in [5, 5.41) is 12.9. The summed E-state index contributed by atoms with van der Waals surface area (Å²) < 4.78 is 8.09. The fourth-order valence-corrected chi connectivity index (χ4v) is 4.42. The number of imidazole rings is 1. The molecule has 1 aliphatic heterocycles. The number of rotatable bonds is 3. The Labute approximate surface area is 168 Å². The van der Waals surface area contributed by atoms with E-state index in [9.17, 15) is 9.90 Å². The summed E-state index contributed by atoms with van der Waals surface area (Å²) in [6.45, 7) is 0. The van der Waals surface area contributed by atoms with Gasteiger partial charge in [-0.25, -0.2) is 4.98 Å². The Bertz CT molecular complexity index is 1000. The molecule has 138 valence electrons. The van der Waals surface area contributed by atoms with Crippen molar-refractivity contribution in [3.8, 4) is 17.2 Å². The van der Waals surface area contributed by atoms with E-state index in [0.717, 1.165) is 21.4 Å². The second-order valence-corrected chi connectivity index (χ2v) is 8.00. The molecule has 8 heteroatoms. The van der Waals surface area contributed by atoms with Gasteiger partial charge in [-0.2, -0.15) is 0 Å². The lowest BCUT2D eigenvalue weighted by molar-refractivity contribution is -0.113. The van der Waals surface area contributed by atoms with Crippen LogP contribution in [0.15, 0.2) is 53.3 Å². The van der Waals surface area contributed by atoms with Crippen LogP contribution in [-0.4, -0.2) is 33.4 Å². The van der Waals surface area contributed by atoms with Crippen molar-refractivity contribution in [2.75, 3.05) is 18.2 Å². The number of nitrogens with zero attached hydrogens (tertiary/aromatic N) is 2. The standard InChI is InChI=1S/C19H16BrN3O3S/c1-26-15-7-2-11(8-14(15)24)18-17-19(22-16(25)9-27-18)21-10-23(17)13-5-3-12(20)4-6-13/h2-8,10,18,24H,9H2,1H3,(H,22,25)/t18-/m1/s1. The number of thioether (sulfide) groups is 1. The van der Waals surface area contributed by atoms with Crippen LogP contribution in [0.25, 0.3) is 5.69 Å². The summed E-state index contributed by atoms with van der Waals surface area (Å²) in [5.41, 5.74) is 2.67. The predicted octanol–water partition coefficient (Wildman–Crippen LogP) is 4.12. The highest BCUT2D eigenvalue weighted by Gasteiger charge is 2.29. The van der Waals surface area contributed by atoms with E-state index in [1.165, 1.54) is 18.9 Å². The zero-order chi connectivity index (χ0) is 19.0. The summed E-state index contributed by atoms with van der Waals surface area (Å²) in [6, 6.07) is 13.2. The van der Waals surface area contributed by atoms with Gasteiger partial charge in [0.2, 0.25) is 5.91 Å². The van der Waals surface area contributed by atoms with E-state index in [0.29, 0.717) is 17.3 Å². The highest BCUT2D eigenvalue weighted by molar-refractivity contribution is 9.10. The van der Waals surface area contributed by atoms with Crippen molar-refractivity contribution in [2.45, 2.75) is 5.25 Å². The average molecular weight is 446 g/mol. The monoisotopic (exact) mass is 445 g/mol. The van der Waals surface area contributed by atoms with Crippen molar-refractivity contribution >= 4 is 39.4 Å². The normalized spacial score (nSPS) is 16.4. The van der Waals surface area contributed by atoms with Crippen LogP contribution in [0.5, 0.6) is 11.5 Å². The Morgan fingerprint density at radius 2 is 2.07 bits per heavy atom. The van der Waals surface area contributed by atoms with E-state index in [1.807, 2.05) is 34.9 Å². The summed E-state index contributed by atoms with van der Waals surface area (Å²) in [7, 11) is 1.51. The first-order valence-corrected chi connectivity index (χ1v) is 10.0. The number of amides is 1. The minimum Gasteiger partial charge on any atom is -0.504 e.